The van der Waals surface area contributed by atoms with E-state index in [0.717, 1.165) is 18.4 Å². The summed E-state index contributed by atoms with van der Waals surface area (Å²) in [6.07, 6.45) is 2.80. The minimum atomic E-state index is -1.10. The lowest BCUT2D eigenvalue weighted by Gasteiger charge is -2.32. The Morgan fingerprint density at radius 2 is 1.78 bits per heavy atom. The predicted octanol–water partition coefficient (Wildman–Crippen LogP) is 3.23. The van der Waals surface area contributed by atoms with Crippen LogP contribution in [0.5, 0.6) is 0 Å². The van der Waals surface area contributed by atoms with Crippen LogP contribution in [0.4, 0.5) is 0 Å². The van der Waals surface area contributed by atoms with Crippen molar-refractivity contribution in [1.29, 1.82) is 0 Å². The fourth-order valence-corrected chi connectivity index (χ4v) is 4.20. The molecule has 2 N–H and O–H groups in total. The molecule has 1 aliphatic carbocycles. The quantitative estimate of drug-likeness (QED) is 0.484. The summed E-state index contributed by atoms with van der Waals surface area (Å²) in [6, 6.07) is 9.37. The Bertz CT molecular complexity index is 606. The lowest BCUT2D eigenvalue weighted by Crippen LogP contribution is -2.42. The van der Waals surface area contributed by atoms with Crippen molar-refractivity contribution in [3.05, 3.63) is 35.9 Å². The number of rotatable bonds is 10. The number of aliphatic hydroxyl groups is 2. The molecule has 0 heterocycles. The van der Waals surface area contributed by atoms with Gasteiger partial charge in [-0.1, -0.05) is 50.1 Å². The van der Waals surface area contributed by atoms with Gasteiger partial charge in [-0.2, -0.15) is 0 Å². The maximum absolute atomic E-state index is 13.7. The molecule has 0 amide bonds. The maximum Gasteiger partial charge on any atom is 0.319 e. The Morgan fingerprint density at radius 3 is 2.30 bits per heavy atom. The van der Waals surface area contributed by atoms with E-state index in [4.69, 9.17) is 4.74 Å². The van der Waals surface area contributed by atoms with E-state index in [1.54, 1.807) is 6.92 Å². The van der Waals surface area contributed by atoms with Crippen molar-refractivity contribution in [3.63, 3.8) is 0 Å². The van der Waals surface area contributed by atoms with Gasteiger partial charge in [-0.25, -0.2) is 0 Å². The molecule has 1 fully saturated rings. The van der Waals surface area contributed by atoms with Crippen LogP contribution in [0.25, 0.3) is 0 Å². The van der Waals surface area contributed by atoms with E-state index in [-0.39, 0.29) is 19.0 Å². The Labute approximate surface area is 161 Å². The number of carbonyl (C=O) groups is 2. The predicted molar refractivity (Wildman–Crippen MR) is 103 cm³/mol. The Kier molecular flexibility index (Phi) is 7.99. The highest BCUT2D eigenvalue weighted by Crippen LogP contribution is 2.45. The van der Waals surface area contributed by atoms with Gasteiger partial charge in [0.2, 0.25) is 0 Å². The number of ketones is 1. The van der Waals surface area contributed by atoms with E-state index >= 15 is 0 Å². The van der Waals surface area contributed by atoms with E-state index in [1.165, 1.54) is 0 Å². The van der Waals surface area contributed by atoms with Crippen LogP contribution >= 0.6 is 0 Å². The molecule has 2 rings (SSSR count). The monoisotopic (exact) mass is 376 g/mol. The third-order valence-corrected chi connectivity index (χ3v) is 5.85. The summed E-state index contributed by atoms with van der Waals surface area (Å²) in [7, 11) is 0. The fourth-order valence-electron chi connectivity index (χ4n) is 4.20. The number of hydrogen-bond acceptors (Lipinski definition) is 5. The van der Waals surface area contributed by atoms with Crippen LogP contribution in [0, 0.1) is 11.3 Å². The summed E-state index contributed by atoms with van der Waals surface area (Å²) in [5.74, 6) is -1.52. The molecule has 5 nitrogen and oxygen atoms in total. The molecule has 0 aromatic heterocycles. The first kappa shape index (κ1) is 21.6. The summed E-state index contributed by atoms with van der Waals surface area (Å²) in [4.78, 5) is 26.4. The van der Waals surface area contributed by atoms with Crippen LogP contribution < -0.4 is 0 Å². The van der Waals surface area contributed by atoms with Crippen molar-refractivity contribution < 1.29 is 24.5 Å². The van der Waals surface area contributed by atoms with Gasteiger partial charge < -0.3 is 14.9 Å². The second-order valence-electron chi connectivity index (χ2n) is 7.49. The van der Waals surface area contributed by atoms with E-state index in [1.807, 2.05) is 37.3 Å². The number of ether oxygens (including phenoxy) is 1. The van der Waals surface area contributed by atoms with Gasteiger partial charge in [-0.15, -0.1) is 0 Å². The van der Waals surface area contributed by atoms with Crippen LogP contribution in [0.1, 0.15) is 63.9 Å². The first-order valence-electron chi connectivity index (χ1n) is 10.1. The van der Waals surface area contributed by atoms with Crippen molar-refractivity contribution in [3.8, 4) is 0 Å². The number of carbonyl (C=O) groups excluding carboxylic acids is 2. The second kappa shape index (κ2) is 10.00. The van der Waals surface area contributed by atoms with Crippen molar-refractivity contribution >= 4 is 11.8 Å². The highest BCUT2D eigenvalue weighted by Gasteiger charge is 2.51. The van der Waals surface area contributed by atoms with Crippen LogP contribution in [0.2, 0.25) is 0 Å². The molecule has 150 valence electrons. The number of hydrogen-bond donors (Lipinski definition) is 2. The fraction of sp³-hybridized carbons (Fsp3) is 0.636. The van der Waals surface area contributed by atoms with Crippen molar-refractivity contribution in [2.75, 3.05) is 13.2 Å². The van der Waals surface area contributed by atoms with Gasteiger partial charge in [0.25, 0.3) is 0 Å². The van der Waals surface area contributed by atoms with E-state index in [0.29, 0.717) is 25.7 Å². The summed E-state index contributed by atoms with van der Waals surface area (Å²) in [6.45, 7) is 3.65. The summed E-state index contributed by atoms with van der Waals surface area (Å²) >= 11 is 0. The van der Waals surface area contributed by atoms with Gasteiger partial charge in [0, 0.05) is 18.4 Å². The Balaban J connectivity index is 2.39. The molecular formula is C22H32O5. The molecule has 0 bridgehead atoms. The number of Topliss-reactive ketones (excluding diaryl/α,β-unsaturated/α-hetero) is 1. The van der Waals surface area contributed by atoms with E-state index in [9.17, 15) is 19.8 Å². The molecule has 5 heteroatoms. The Hall–Kier alpha value is -1.72. The molecule has 0 spiro atoms. The van der Waals surface area contributed by atoms with Crippen LogP contribution in [0.15, 0.2) is 30.3 Å². The second-order valence-corrected chi connectivity index (χ2v) is 7.49. The first-order valence-corrected chi connectivity index (χ1v) is 10.1. The highest BCUT2D eigenvalue weighted by molar-refractivity contribution is 6.07. The molecule has 1 aromatic rings. The zero-order valence-corrected chi connectivity index (χ0v) is 16.4. The molecule has 3 atom stereocenters. The minimum Gasteiger partial charge on any atom is -0.465 e. The standard InChI is InChI=1S/C22H32O5/c1-3-19(24)17(15-23)14-18(16-10-6-5-7-11-16)20(25)22(12-8-9-13-22)21(26)27-4-2/h5-7,10-11,17-19,23-24H,3-4,8-9,12-15H2,1-2H3. The van der Waals surface area contributed by atoms with Crippen molar-refractivity contribution in [2.45, 2.75) is 64.4 Å². The van der Waals surface area contributed by atoms with Crippen molar-refractivity contribution in [1.82, 2.24) is 0 Å². The topological polar surface area (TPSA) is 83.8 Å². The maximum atomic E-state index is 13.7. The lowest BCUT2D eigenvalue weighted by molar-refractivity contribution is -0.160. The summed E-state index contributed by atoms with van der Waals surface area (Å²) in [5.41, 5.74) is -0.284. The van der Waals surface area contributed by atoms with Gasteiger partial charge in [-0.05, 0) is 38.2 Å². The first-order chi connectivity index (χ1) is 13.0. The van der Waals surface area contributed by atoms with E-state index < -0.39 is 29.3 Å². The highest BCUT2D eigenvalue weighted by atomic mass is 16.5. The molecule has 0 aliphatic heterocycles. The minimum absolute atomic E-state index is 0.133. The largest absolute Gasteiger partial charge is 0.465 e. The third-order valence-electron chi connectivity index (χ3n) is 5.85. The number of esters is 1. The van der Waals surface area contributed by atoms with Gasteiger partial charge in [-0.3, -0.25) is 9.59 Å². The zero-order chi connectivity index (χ0) is 19.9. The van der Waals surface area contributed by atoms with Crippen LogP contribution in [-0.4, -0.2) is 41.3 Å². The van der Waals surface area contributed by atoms with Gasteiger partial charge in [0.15, 0.2) is 5.78 Å². The average Bonchev–Trinajstić information content (AvgIpc) is 3.20. The lowest BCUT2D eigenvalue weighted by atomic mass is 9.71. The smallest absolute Gasteiger partial charge is 0.319 e. The molecule has 27 heavy (non-hydrogen) atoms. The Morgan fingerprint density at radius 1 is 1.15 bits per heavy atom. The summed E-state index contributed by atoms with van der Waals surface area (Å²) in [5, 5.41) is 20.0. The molecule has 1 aliphatic rings. The molecule has 1 aromatic carbocycles. The normalized spacial score (nSPS) is 19.3. The van der Waals surface area contributed by atoms with Gasteiger partial charge >= 0.3 is 5.97 Å². The number of benzene rings is 1. The van der Waals surface area contributed by atoms with Gasteiger partial charge in [0.05, 0.1) is 12.7 Å². The van der Waals surface area contributed by atoms with E-state index in [2.05, 4.69) is 0 Å². The molecule has 0 saturated heterocycles. The van der Waals surface area contributed by atoms with Gasteiger partial charge in [0.1, 0.15) is 5.41 Å². The average molecular weight is 376 g/mol. The molecule has 1 saturated carbocycles. The summed E-state index contributed by atoms with van der Waals surface area (Å²) < 4.78 is 5.28. The molecular weight excluding hydrogens is 344 g/mol. The van der Waals surface area contributed by atoms with Crippen LogP contribution in [0.3, 0.4) is 0 Å². The molecule has 3 unspecified atom stereocenters. The van der Waals surface area contributed by atoms with Crippen molar-refractivity contribution in [2.24, 2.45) is 11.3 Å². The zero-order valence-electron chi connectivity index (χ0n) is 16.4. The van der Waals surface area contributed by atoms with Crippen LogP contribution in [-0.2, 0) is 14.3 Å². The third kappa shape index (κ3) is 4.77. The molecule has 0 radical (unpaired) electrons. The number of aliphatic hydroxyl groups excluding tert-OH is 2. The SMILES string of the molecule is CCOC(=O)C1(C(=O)C(CC(CO)C(O)CC)c2ccccc2)CCCC1.